The Bertz CT molecular complexity index is 802. The van der Waals surface area contributed by atoms with Gasteiger partial charge in [-0.25, -0.2) is 17.5 Å². The number of sulfonamides is 1. The number of benzene rings is 1. The van der Waals surface area contributed by atoms with Crippen LogP contribution in [0.3, 0.4) is 0 Å². The topological polar surface area (TPSA) is 75.3 Å². The van der Waals surface area contributed by atoms with E-state index in [4.69, 9.17) is 0 Å². The Kier molecular flexibility index (Phi) is 5.64. The Morgan fingerprint density at radius 2 is 2.13 bits per heavy atom. The van der Waals surface area contributed by atoms with Crippen LogP contribution in [0.25, 0.3) is 0 Å². The van der Waals surface area contributed by atoms with Crippen molar-refractivity contribution in [1.82, 2.24) is 10.0 Å². The summed E-state index contributed by atoms with van der Waals surface area (Å²) in [5.41, 5.74) is 0.0712. The second-order valence-corrected chi connectivity index (χ2v) is 7.32. The maximum atomic E-state index is 13.8. The van der Waals surface area contributed by atoms with Gasteiger partial charge in [-0.15, -0.1) is 17.9 Å². The molecule has 0 radical (unpaired) electrons. The molecule has 0 aliphatic rings. The summed E-state index contributed by atoms with van der Waals surface area (Å²) in [6.45, 7) is 3.68. The maximum Gasteiger partial charge on any atom is 0.251 e. The van der Waals surface area contributed by atoms with Crippen LogP contribution in [0.15, 0.2) is 53.3 Å². The van der Waals surface area contributed by atoms with Crippen LogP contribution in [0.2, 0.25) is 0 Å². The van der Waals surface area contributed by atoms with Crippen molar-refractivity contribution in [2.24, 2.45) is 0 Å². The summed E-state index contributed by atoms with van der Waals surface area (Å²) in [5.74, 6) is -1.39. The summed E-state index contributed by atoms with van der Waals surface area (Å²) in [4.78, 5) is 12.5. The molecule has 0 saturated carbocycles. The number of nitrogens with one attached hydrogen (secondary N) is 2. The molecule has 1 aromatic heterocycles. The van der Waals surface area contributed by atoms with E-state index in [1.165, 1.54) is 23.5 Å². The highest BCUT2D eigenvalue weighted by Crippen LogP contribution is 2.17. The molecule has 0 atom stereocenters. The van der Waals surface area contributed by atoms with E-state index in [1.807, 2.05) is 17.5 Å². The van der Waals surface area contributed by atoms with Gasteiger partial charge in [-0.1, -0.05) is 12.1 Å². The van der Waals surface area contributed by atoms with Gasteiger partial charge in [0.2, 0.25) is 10.0 Å². The minimum atomic E-state index is -4.04. The largest absolute Gasteiger partial charge is 0.347 e. The third-order valence-electron chi connectivity index (χ3n) is 2.90. The van der Waals surface area contributed by atoms with Gasteiger partial charge in [-0.2, -0.15) is 0 Å². The first-order chi connectivity index (χ1) is 10.9. The van der Waals surface area contributed by atoms with Gasteiger partial charge in [0.05, 0.1) is 6.54 Å². The molecule has 0 saturated heterocycles. The monoisotopic (exact) mass is 354 g/mol. The van der Waals surface area contributed by atoms with Crippen molar-refractivity contribution in [3.05, 3.63) is 64.6 Å². The van der Waals surface area contributed by atoms with E-state index < -0.39 is 26.6 Å². The molecular weight excluding hydrogens is 339 g/mol. The quantitative estimate of drug-likeness (QED) is 0.749. The Labute approximate surface area is 137 Å². The first-order valence-corrected chi connectivity index (χ1v) is 9.01. The van der Waals surface area contributed by atoms with Crippen LogP contribution in [-0.4, -0.2) is 20.9 Å². The minimum Gasteiger partial charge on any atom is -0.347 e. The first kappa shape index (κ1) is 17.3. The minimum absolute atomic E-state index is 0.0312. The normalized spacial score (nSPS) is 11.2. The van der Waals surface area contributed by atoms with E-state index in [0.29, 0.717) is 6.54 Å². The molecular formula is C15H15FN2O3S2. The molecule has 0 fully saturated rings. The molecule has 122 valence electrons. The smallest absolute Gasteiger partial charge is 0.251 e. The molecule has 0 bridgehead atoms. The van der Waals surface area contributed by atoms with E-state index in [1.54, 1.807) is 0 Å². The average Bonchev–Trinajstić information content (AvgIpc) is 3.04. The molecule has 2 rings (SSSR count). The Hall–Kier alpha value is -2.03. The zero-order valence-corrected chi connectivity index (χ0v) is 13.7. The SMILES string of the molecule is C=CCNS(=O)(=O)c1cc(C(=O)NCc2cccs2)ccc1F. The van der Waals surface area contributed by atoms with Gasteiger partial charge in [0, 0.05) is 17.0 Å². The Balaban J connectivity index is 2.19. The lowest BCUT2D eigenvalue weighted by atomic mass is 10.2. The predicted octanol–water partition coefficient (Wildman–Crippen LogP) is 2.28. The molecule has 5 nitrogen and oxygen atoms in total. The average molecular weight is 354 g/mol. The highest BCUT2D eigenvalue weighted by molar-refractivity contribution is 7.89. The molecule has 0 aliphatic carbocycles. The predicted molar refractivity (Wildman–Crippen MR) is 87.3 cm³/mol. The first-order valence-electron chi connectivity index (χ1n) is 6.65. The number of thiophene rings is 1. The molecule has 1 heterocycles. The molecule has 1 amide bonds. The van der Waals surface area contributed by atoms with E-state index >= 15 is 0 Å². The van der Waals surface area contributed by atoms with Crippen LogP contribution in [0.4, 0.5) is 4.39 Å². The Morgan fingerprint density at radius 3 is 2.78 bits per heavy atom. The number of halogens is 1. The summed E-state index contributed by atoms with van der Waals surface area (Å²) >= 11 is 1.49. The van der Waals surface area contributed by atoms with E-state index in [2.05, 4.69) is 16.6 Å². The van der Waals surface area contributed by atoms with Crippen LogP contribution >= 0.6 is 11.3 Å². The fourth-order valence-electron chi connectivity index (χ4n) is 1.78. The molecule has 1 aromatic carbocycles. The second kappa shape index (κ2) is 7.49. The van der Waals surface area contributed by atoms with Crippen LogP contribution < -0.4 is 10.0 Å². The van der Waals surface area contributed by atoms with Crippen molar-refractivity contribution >= 4 is 27.3 Å². The molecule has 0 aliphatic heterocycles. The van der Waals surface area contributed by atoms with Crippen molar-refractivity contribution in [3.63, 3.8) is 0 Å². The fraction of sp³-hybridized carbons (Fsp3) is 0.133. The summed E-state index contributed by atoms with van der Waals surface area (Å²) in [6, 6.07) is 6.95. The van der Waals surface area contributed by atoms with Crippen molar-refractivity contribution in [2.45, 2.75) is 11.4 Å². The van der Waals surface area contributed by atoms with E-state index in [0.717, 1.165) is 17.0 Å². The standard InChI is InChI=1S/C15H15FN2O3S2/c1-2-7-18-23(20,21)14-9-11(5-6-13(14)16)15(19)17-10-12-4-3-8-22-12/h2-6,8-9,18H,1,7,10H2,(H,17,19). The van der Waals surface area contributed by atoms with Crippen molar-refractivity contribution in [2.75, 3.05) is 6.54 Å². The summed E-state index contributed by atoms with van der Waals surface area (Å²) in [6.07, 6.45) is 1.34. The van der Waals surface area contributed by atoms with Crippen molar-refractivity contribution < 1.29 is 17.6 Å². The van der Waals surface area contributed by atoms with Crippen LogP contribution in [0.5, 0.6) is 0 Å². The van der Waals surface area contributed by atoms with Gasteiger partial charge >= 0.3 is 0 Å². The van der Waals surface area contributed by atoms with Gasteiger partial charge in [0.15, 0.2) is 0 Å². The number of amides is 1. The van der Waals surface area contributed by atoms with Crippen LogP contribution in [0.1, 0.15) is 15.2 Å². The molecule has 8 heteroatoms. The lowest BCUT2D eigenvalue weighted by Gasteiger charge is -2.09. The number of hydrogen-bond acceptors (Lipinski definition) is 4. The van der Waals surface area contributed by atoms with Gasteiger partial charge in [0.25, 0.3) is 5.91 Å². The van der Waals surface area contributed by atoms with Gasteiger partial charge in [-0.3, -0.25) is 4.79 Å². The van der Waals surface area contributed by atoms with E-state index in [-0.39, 0.29) is 12.1 Å². The third kappa shape index (κ3) is 4.47. The van der Waals surface area contributed by atoms with Crippen LogP contribution in [-0.2, 0) is 16.6 Å². The van der Waals surface area contributed by atoms with Crippen molar-refractivity contribution in [3.8, 4) is 0 Å². The van der Waals surface area contributed by atoms with Crippen molar-refractivity contribution in [1.29, 1.82) is 0 Å². The summed E-state index contributed by atoms with van der Waals surface area (Å²) in [5, 5.41) is 4.54. The molecule has 2 N–H and O–H groups in total. The number of hydrogen-bond donors (Lipinski definition) is 2. The fourth-order valence-corrected chi connectivity index (χ4v) is 3.52. The lowest BCUT2D eigenvalue weighted by molar-refractivity contribution is 0.0951. The number of rotatable bonds is 7. The molecule has 0 spiro atoms. The Morgan fingerprint density at radius 1 is 1.35 bits per heavy atom. The zero-order chi connectivity index (χ0) is 16.9. The third-order valence-corrected chi connectivity index (χ3v) is 5.22. The van der Waals surface area contributed by atoms with E-state index in [9.17, 15) is 17.6 Å². The van der Waals surface area contributed by atoms with Gasteiger partial charge in [0.1, 0.15) is 10.7 Å². The van der Waals surface area contributed by atoms with Gasteiger partial charge < -0.3 is 5.32 Å². The number of carbonyl (C=O) groups excluding carboxylic acids is 1. The second-order valence-electron chi connectivity index (χ2n) is 4.55. The zero-order valence-electron chi connectivity index (χ0n) is 12.1. The summed E-state index contributed by atoms with van der Waals surface area (Å²) in [7, 11) is -4.04. The number of carbonyl (C=O) groups is 1. The highest BCUT2D eigenvalue weighted by atomic mass is 32.2. The van der Waals surface area contributed by atoms with Crippen LogP contribution in [0, 0.1) is 5.82 Å². The molecule has 23 heavy (non-hydrogen) atoms. The van der Waals surface area contributed by atoms with Gasteiger partial charge in [-0.05, 0) is 29.6 Å². The summed E-state index contributed by atoms with van der Waals surface area (Å²) < 4.78 is 40.0. The maximum absolute atomic E-state index is 13.8. The molecule has 0 unspecified atom stereocenters. The lowest BCUT2D eigenvalue weighted by Crippen LogP contribution is -2.26. The molecule has 2 aromatic rings. The highest BCUT2D eigenvalue weighted by Gasteiger charge is 2.20.